The molecule has 0 fully saturated rings. The molecule has 0 spiro atoms. The molecule has 2 aliphatic rings. The van der Waals surface area contributed by atoms with Crippen LogP contribution in [0.1, 0.15) is 43.9 Å². The van der Waals surface area contributed by atoms with Crippen LogP contribution < -0.4 is 10.6 Å². The summed E-state index contributed by atoms with van der Waals surface area (Å²) in [6, 6.07) is 11.7. The summed E-state index contributed by atoms with van der Waals surface area (Å²) in [6.45, 7) is 6.34. The van der Waals surface area contributed by atoms with Gasteiger partial charge in [-0.25, -0.2) is 0 Å². The first-order valence-corrected chi connectivity index (χ1v) is 10.3. The van der Waals surface area contributed by atoms with E-state index in [-0.39, 0.29) is 17.2 Å². The number of rotatable bonds is 1. The Morgan fingerprint density at radius 2 is 1.96 bits per heavy atom. The zero-order valence-electron chi connectivity index (χ0n) is 15.6. The molecule has 0 saturated carbocycles. The number of allylic oxidation sites excluding steroid dienone is 1. The molecule has 1 aliphatic heterocycles. The molecule has 2 aromatic rings. The SMILES string of the molecule is Cc1cc(Cl)ccc1C1Nc2cccc(Br)c2NC2=C1C(=O)CC(C)(C)C2. The highest BCUT2D eigenvalue weighted by atomic mass is 79.9. The van der Waals surface area contributed by atoms with Gasteiger partial charge in [0.25, 0.3) is 0 Å². The molecule has 1 atom stereocenters. The van der Waals surface area contributed by atoms with Gasteiger partial charge in [-0.3, -0.25) is 4.79 Å². The van der Waals surface area contributed by atoms with Crippen molar-refractivity contribution in [2.24, 2.45) is 5.41 Å². The van der Waals surface area contributed by atoms with Crippen LogP contribution in [0.25, 0.3) is 0 Å². The number of carbonyl (C=O) groups excluding carboxylic acids is 1. The third-order valence-electron chi connectivity index (χ3n) is 5.34. The number of hydrogen-bond donors (Lipinski definition) is 2. The van der Waals surface area contributed by atoms with E-state index in [1.807, 2.05) is 43.3 Å². The molecule has 1 aliphatic carbocycles. The lowest BCUT2D eigenvalue weighted by molar-refractivity contribution is -0.118. The molecule has 27 heavy (non-hydrogen) atoms. The number of carbonyl (C=O) groups is 1. The minimum atomic E-state index is -0.205. The number of para-hydroxylation sites is 1. The van der Waals surface area contributed by atoms with E-state index in [1.54, 1.807) is 0 Å². The van der Waals surface area contributed by atoms with E-state index >= 15 is 0 Å². The minimum Gasteiger partial charge on any atom is -0.372 e. The summed E-state index contributed by atoms with van der Waals surface area (Å²) in [5.74, 6) is 0.199. The fourth-order valence-electron chi connectivity index (χ4n) is 4.13. The van der Waals surface area contributed by atoms with E-state index in [2.05, 4.69) is 40.4 Å². The Bertz CT molecular complexity index is 980. The average Bonchev–Trinajstić information content (AvgIpc) is 2.71. The van der Waals surface area contributed by atoms with Crippen LogP contribution in [0.3, 0.4) is 0 Å². The van der Waals surface area contributed by atoms with Crippen molar-refractivity contribution < 1.29 is 4.79 Å². The number of benzene rings is 2. The molecule has 2 aromatic carbocycles. The lowest BCUT2D eigenvalue weighted by Gasteiger charge is -2.34. The van der Waals surface area contributed by atoms with E-state index in [0.29, 0.717) is 11.4 Å². The van der Waals surface area contributed by atoms with Gasteiger partial charge in [0.05, 0.1) is 17.4 Å². The van der Waals surface area contributed by atoms with Crippen LogP contribution in [-0.4, -0.2) is 5.78 Å². The quantitative estimate of drug-likeness (QED) is 0.517. The minimum absolute atomic E-state index is 0.0612. The van der Waals surface area contributed by atoms with Crippen molar-refractivity contribution in [2.45, 2.75) is 39.7 Å². The first-order valence-electron chi connectivity index (χ1n) is 9.09. The second-order valence-electron chi connectivity index (χ2n) is 8.20. The molecule has 0 aromatic heterocycles. The number of ketones is 1. The fraction of sp³-hybridized carbons (Fsp3) is 0.318. The number of anilines is 2. The Morgan fingerprint density at radius 3 is 2.70 bits per heavy atom. The van der Waals surface area contributed by atoms with Crippen molar-refractivity contribution in [3.63, 3.8) is 0 Å². The van der Waals surface area contributed by atoms with Gasteiger partial charge in [-0.2, -0.15) is 0 Å². The number of fused-ring (bicyclic) bond motifs is 1. The van der Waals surface area contributed by atoms with Crippen LogP contribution in [0.4, 0.5) is 11.4 Å². The number of halogens is 2. The monoisotopic (exact) mass is 444 g/mol. The Labute approximate surface area is 173 Å². The van der Waals surface area contributed by atoms with Crippen LogP contribution in [-0.2, 0) is 4.79 Å². The predicted octanol–water partition coefficient (Wildman–Crippen LogP) is 6.63. The molecule has 0 radical (unpaired) electrons. The highest BCUT2D eigenvalue weighted by Crippen LogP contribution is 2.47. The van der Waals surface area contributed by atoms with Gasteiger partial charge in [-0.1, -0.05) is 37.6 Å². The van der Waals surface area contributed by atoms with Crippen LogP contribution in [0.5, 0.6) is 0 Å². The standard InChI is InChI=1S/C22H22BrClN2O/c1-12-9-13(24)7-8-14(12)20-19-17(10-22(2,3)11-18(19)27)26-21-15(23)5-4-6-16(21)25-20/h4-9,20,25-26H,10-11H2,1-3H3. The largest absolute Gasteiger partial charge is 0.372 e. The first kappa shape index (κ1) is 18.6. The third-order valence-corrected chi connectivity index (χ3v) is 6.24. The Balaban J connectivity index is 1.93. The van der Waals surface area contributed by atoms with E-state index in [4.69, 9.17) is 11.6 Å². The van der Waals surface area contributed by atoms with Gasteiger partial charge >= 0.3 is 0 Å². The fourth-order valence-corrected chi connectivity index (χ4v) is 4.82. The van der Waals surface area contributed by atoms with Crippen molar-refractivity contribution in [1.29, 1.82) is 0 Å². The summed E-state index contributed by atoms with van der Waals surface area (Å²) < 4.78 is 0.976. The molecule has 0 bridgehead atoms. The highest BCUT2D eigenvalue weighted by molar-refractivity contribution is 9.10. The Morgan fingerprint density at radius 1 is 1.19 bits per heavy atom. The van der Waals surface area contributed by atoms with Crippen molar-refractivity contribution in [1.82, 2.24) is 0 Å². The number of aryl methyl sites for hydroxylation is 1. The summed E-state index contributed by atoms with van der Waals surface area (Å²) in [4.78, 5) is 13.2. The van der Waals surface area contributed by atoms with Gasteiger partial charge in [-0.05, 0) is 70.1 Å². The molecular weight excluding hydrogens is 424 g/mol. The molecule has 140 valence electrons. The second kappa shape index (κ2) is 6.68. The second-order valence-corrected chi connectivity index (χ2v) is 9.49. The van der Waals surface area contributed by atoms with E-state index in [9.17, 15) is 4.79 Å². The van der Waals surface area contributed by atoms with Gasteiger partial charge in [0.1, 0.15) is 0 Å². The molecule has 0 amide bonds. The summed E-state index contributed by atoms with van der Waals surface area (Å²) in [5.41, 5.74) is 5.89. The van der Waals surface area contributed by atoms with Gasteiger partial charge in [0, 0.05) is 27.2 Å². The lowest BCUT2D eigenvalue weighted by atomic mass is 9.73. The van der Waals surface area contributed by atoms with Gasteiger partial charge in [-0.15, -0.1) is 0 Å². The van der Waals surface area contributed by atoms with E-state index in [1.165, 1.54) is 0 Å². The number of nitrogens with one attached hydrogen (secondary N) is 2. The molecule has 3 nitrogen and oxygen atoms in total. The number of hydrogen-bond acceptors (Lipinski definition) is 3. The van der Waals surface area contributed by atoms with Gasteiger partial charge in [0.2, 0.25) is 0 Å². The smallest absolute Gasteiger partial charge is 0.163 e. The molecular formula is C22H22BrClN2O. The average molecular weight is 446 g/mol. The molecule has 0 saturated heterocycles. The molecule has 4 rings (SSSR count). The predicted molar refractivity (Wildman–Crippen MR) is 115 cm³/mol. The van der Waals surface area contributed by atoms with Crippen molar-refractivity contribution in [3.05, 3.63) is 68.3 Å². The van der Waals surface area contributed by atoms with Crippen LogP contribution in [0.2, 0.25) is 5.02 Å². The van der Waals surface area contributed by atoms with Crippen LogP contribution >= 0.6 is 27.5 Å². The van der Waals surface area contributed by atoms with E-state index in [0.717, 1.165) is 44.7 Å². The summed E-state index contributed by atoms with van der Waals surface area (Å²) in [5, 5.41) is 7.89. The normalized spacial score (nSPS) is 20.9. The van der Waals surface area contributed by atoms with Crippen LogP contribution in [0.15, 0.2) is 52.1 Å². The van der Waals surface area contributed by atoms with Gasteiger partial charge < -0.3 is 10.6 Å². The van der Waals surface area contributed by atoms with E-state index < -0.39 is 0 Å². The molecule has 5 heteroatoms. The highest BCUT2D eigenvalue weighted by Gasteiger charge is 2.39. The van der Waals surface area contributed by atoms with Crippen molar-refractivity contribution in [3.8, 4) is 0 Å². The third kappa shape index (κ3) is 3.41. The molecule has 2 N–H and O–H groups in total. The van der Waals surface area contributed by atoms with Crippen molar-refractivity contribution >= 4 is 44.7 Å². The Hall–Kier alpha value is -1.78. The first-order chi connectivity index (χ1) is 12.7. The number of Topliss-reactive ketones (excluding diaryl/α,β-unsaturated/α-hetero) is 1. The maximum absolute atomic E-state index is 13.2. The molecule has 1 unspecified atom stereocenters. The zero-order valence-corrected chi connectivity index (χ0v) is 18.0. The molecule has 1 heterocycles. The van der Waals surface area contributed by atoms with Gasteiger partial charge in [0.15, 0.2) is 5.78 Å². The van der Waals surface area contributed by atoms with Crippen LogP contribution in [0, 0.1) is 12.3 Å². The van der Waals surface area contributed by atoms with Crippen molar-refractivity contribution in [2.75, 3.05) is 10.6 Å². The summed E-state index contributed by atoms with van der Waals surface area (Å²) >= 11 is 9.83. The topological polar surface area (TPSA) is 41.1 Å². The zero-order chi connectivity index (χ0) is 19.3. The maximum Gasteiger partial charge on any atom is 0.163 e. The lowest BCUT2D eigenvalue weighted by Crippen LogP contribution is -2.31. The summed E-state index contributed by atoms with van der Waals surface area (Å²) in [7, 11) is 0. The maximum atomic E-state index is 13.2. The Kier molecular flexibility index (Phi) is 4.59. The summed E-state index contributed by atoms with van der Waals surface area (Å²) in [6.07, 6.45) is 1.38.